The number of carbonyl (C=O) groups excluding carboxylic acids is 1. The van der Waals surface area contributed by atoms with Gasteiger partial charge >= 0.3 is 0 Å². The minimum Gasteiger partial charge on any atom is -0.493 e. The Bertz CT molecular complexity index is 1130. The van der Waals surface area contributed by atoms with Crippen molar-refractivity contribution in [2.45, 2.75) is 11.5 Å². The number of rotatable bonds is 4. The van der Waals surface area contributed by atoms with Crippen LogP contribution in [0.1, 0.15) is 16.1 Å². The number of hydrogen-bond donors (Lipinski definition) is 1. The molecule has 2 aromatic heterocycles. The molecule has 138 valence electrons. The topological polar surface area (TPSA) is 98.5 Å². The Morgan fingerprint density at radius 1 is 1.15 bits per heavy atom. The van der Waals surface area contributed by atoms with Gasteiger partial charge in [-0.05, 0) is 48.0 Å². The minimum absolute atomic E-state index is 0.0997. The fourth-order valence-corrected chi connectivity index (χ4v) is 3.39. The van der Waals surface area contributed by atoms with Crippen LogP contribution in [0.15, 0.2) is 58.0 Å². The number of ether oxygens (including phenoxy) is 1. The Kier molecular flexibility index (Phi) is 4.19. The van der Waals surface area contributed by atoms with Crippen molar-refractivity contribution in [3.63, 3.8) is 0 Å². The van der Waals surface area contributed by atoms with Gasteiger partial charge in [-0.25, -0.2) is 13.4 Å². The summed E-state index contributed by atoms with van der Waals surface area (Å²) in [6.45, 7) is 0.681. The second-order valence-corrected chi connectivity index (χ2v) is 8.12. The van der Waals surface area contributed by atoms with Crippen molar-refractivity contribution in [3.8, 4) is 17.0 Å². The molecule has 0 aliphatic carbocycles. The van der Waals surface area contributed by atoms with Crippen molar-refractivity contribution in [1.29, 1.82) is 0 Å². The summed E-state index contributed by atoms with van der Waals surface area (Å²) in [6.07, 6.45) is 1.88. The van der Waals surface area contributed by atoms with Crippen LogP contribution in [0.25, 0.3) is 11.3 Å². The van der Waals surface area contributed by atoms with Gasteiger partial charge in [-0.15, -0.1) is 0 Å². The lowest BCUT2D eigenvalue weighted by Gasteiger charge is -2.07. The van der Waals surface area contributed by atoms with Crippen molar-refractivity contribution < 1.29 is 22.4 Å². The number of hydrogen-bond acceptors (Lipinski definition) is 6. The third kappa shape index (κ3) is 3.56. The molecule has 27 heavy (non-hydrogen) atoms. The Morgan fingerprint density at radius 2 is 2.00 bits per heavy atom. The highest BCUT2D eigenvalue weighted by molar-refractivity contribution is 7.90. The molecule has 0 saturated carbocycles. The van der Waals surface area contributed by atoms with E-state index in [-0.39, 0.29) is 10.9 Å². The first-order valence-electron chi connectivity index (χ1n) is 8.24. The fourth-order valence-electron chi connectivity index (χ4n) is 2.83. The second-order valence-electron chi connectivity index (χ2n) is 6.17. The molecule has 4 rings (SSSR count). The SMILES string of the molecule is CS(=O)(=O)c1ccc(C(=O)Nc2cccc(-c3ccc4c(c3)CCO4)n2)o1. The van der Waals surface area contributed by atoms with Gasteiger partial charge in [-0.1, -0.05) is 6.07 Å². The van der Waals surface area contributed by atoms with Crippen LogP contribution < -0.4 is 10.1 Å². The van der Waals surface area contributed by atoms with E-state index in [1.54, 1.807) is 12.1 Å². The van der Waals surface area contributed by atoms with Gasteiger partial charge in [0.15, 0.2) is 5.76 Å². The molecule has 1 aliphatic heterocycles. The number of aromatic nitrogens is 1. The number of benzene rings is 1. The molecule has 7 nitrogen and oxygen atoms in total. The molecule has 3 heterocycles. The molecular formula is C19H16N2O5S. The molecule has 0 unspecified atom stereocenters. The summed E-state index contributed by atoms with van der Waals surface area (Å²) < 4.78 is 33.5. The second kappa shape index (κ2) is 6.55. The first-order chi connectivity index (χ1) is 12.9. The van der Waals surface area contributed by atoms with Crippen LogP contribution in [-0.4, -0.2) is 32.2 Å². The largest absolute Gasteiger partial charge is 0.493 e. The average Bonchev–Trinajstić information content (AvgIpc) is 3.30. The number of anilines is 1. The lowest BCUT2D eigenvalue weighted by molar-refractivity contribution is 0.0991. The maximum Gasteiger partial charge on any atom is 0.292 e. The smallest absolute Gasteiger partial charge is 0.292 e. The maximum atomic E-state index is 12.3. The normalized spacial score (nSPS) is 13.1. The van der Waals surface area contributed by atoms with Crippen molar-refractivity contribution in [3.05, 3.63) is 59.9 Å². The van der Waals surface area contributed by atoms with E-state index < -0.39 is 15.7 Å². The Hall–Kier alpha value is -3.13. The zero-order valence-corrected chi connectivity index (χ0v) is 15.2. The van der Waals surface area contributed by atoms with Gasteiger partial charge in [-0.2, -0.15) is 0 Å². The molecule has 3 aromatic rings. The highest BCUT2D eigenvalue weighted by atomic mass is 32.2. The number of carbonyl (C=O) groups is 1. The van der Waals surface area contributed by atoms with Crippen LogP contribution in [0.4, 0.5) is 5.82 Å². The van der Waals surface area contributed by atoms with Crippen molar-refractivity contribution in [1.82, 2.24) is 4.98 Å². The molecule has 0 saturated heterocycles. The van der Waals surface area contributed by atoms with E-state index in [4.69, 9.17) is 9.15 Å². The quantitative estimate of drug-likeness (QED) is 0.743. The summed E-state index contributed by atoms with van der Waals surface area (Å²) in [4.78, 5) is 16.8. The number of nitrogens with one attached hydrogen (secondary N) is 1. The van der Waals surface area contributed by atoms with E-state index in [0.29, 0.717) is 18.1 Å². The van der Waals surface area contributed by atoms with Crippen molar-refractivity contribution in [2.75, 3.05) is 18.2 Å². The van der Waals surface area contributed by atoms with Crippen LogP contribution >= 0.6 is 0 Å². The molecule has 0 bridgehead atoms. The van der Waals surface area contributed by atoms with Gasteiger partial charge in [0.2, 0.25) is 14.9 Å². The molecule has 0 atom stereocenters. The van der Waals surface area contributed by atoms with Crippen LogP contribution in [0.2, 0.25) is 0 Å². The van der Waals surface area contributed by atoms with Gasteiger partial charge < -0.3 is 14.5 Å². The van der Waals surface area contributed by atoms with Gasteiger partial charge in [0.25, 0.3) is 5.91 Å². The van der Waals surface area contributed by atoms with Crippen molar-refractivity contribution in [2.24, 2.45) is 0 Å². The van der Waals surface area contributed by atoms with Gasteiger partial charge in [-0.3, -0.25) is 4.79 Å². The van der Waals surface area contributed by atoms with E-state index >= 15 is 0 Å². The Morgan fingerprint density at radius 3 is 2.78 bits per heavy atom. The summed E-state index contributed by atoms with van der Waals surface area (Å²) in [6, 6.07) is 13.7. The molecule has 0 radical (unpaired) electrons. The molecule has 1 N–H and O–H groups in total. The van der Waals surface area contributed by atoms with Crippen LogP contribution in [-0.2, 0) is 16.3 Å². The monoisotopic (exact) mass is 384 g/mol. The predicted molar refractivity (Wildman–Crippen MR) is 98.6 cm³/mol. The fraction of sp³-hybridized carbons (Fsp3) is 0.158. The molecule has 1 amide bonds. The number of furan rings is 1. The summed E-state index contributed by atoms with van der Waals surface area (Å²) >= 11 is 0. The zero-order valence-electron chi connectivity index (χ0n) is 14.4. The van der Waals surface area contributed by atoms with E-state index in [9.17, 15) is 13.2 Å². The molecule has 0 fully saturated rings. The third-order valence-electron chi connectivity index (χ3n) is 4.15. The highest BCUT2D eigenvalue weighted by Gasteiger charge is 2.18. The third-order valence-corrected chi connectivity index (χ3v) is 5.10. The number of pyridine rings is 1. The number of nitrogens with zero attached hydrogens (tertiary/aromatic N) is 1. The predicted octanol–water partition coefficient (Wildman–Crippen LogP) is 2.93. The van der Waals surface area contributed by atoms with E-state index in [0.717, 1.165) is 29.6 Å². The molecule has 1 aliphatic rings. The highest BCUT2D eigenvalue weighted by Crippen LogP contribution is 2.30. The summed E-state index contributed by atoms with van der Waals surface area (Å²) in [7, 11) is -3.51. The lowest BCUT2D eigenvalue weighted by Crippen LogP contribution is -2.12. The molecule has 8 heteroatoms. The van der Waals surface area contributed by atoms with Crippen LogP contribution in [0.5, 0.6) is 5.75 Å². The van der Waals surface area contributed by atoms with E-state index in [2.05, 4.69) is 10.3 Å². The molecule has 0 spiro atoms. The molecule has 1 aromatic carbocycles. The van der Waals surface area contributed by atoms with Crippen LogP contribution in [0.3, 0.4) is 0 Å². The van der Waals surface area contributed by atoms with Crippen molar-refractivity contribution >= 4 is 21.6 Å². The number of amides is 1. The van der Waals surface area contributed by atoms with Gasteiger partial charge in [0, 0.05) is 18.2 Å². The molecular weight excluding hydrogens is 368 g/mol. The van der Waals surface area contributed by atoms with Crippen LogP contribution in [0, 0.1) is 0 Å². The van der Waals surface area contributed by atoms with Gasteiger partial charge in [0.05, 0.1) is 12.3 Å². The summed E-state index contributed by atoms with van der Waals surface area (Å²) in [5, 5.41) is 2.37. The zero-order chi connectivity index (χ0) is 19.0. The first-order valence-corrected chi connectivity index (χ1v) is 10.1. The van der Waals surface area contributed by atoms with E-state index in [1.807, 2.05) is 24.3 Å². The average molecular weight is 384 g/mol. The minimum atomic E-state index is -3.51. The Balaban J connectivity index is 1.56. The first kappa shape index (κ1) is 17.3. The number of sulfone groups is 1. The Labute approximate surface area is 155 Å². The van der Waals surface area contributed by atoms with Gasteiger partial charge in [0.1, 0.15) is 11.6 Å². The standard InChI is InChI=1S/C19H16N2O5S/c1-27(23,24)18-8-7-16(26-18)19(22)21-17-4-2-3-14(20-17)12-5-6-15-13(11-12)9-10-25-15/h2-8,11H,9-10H2,1H3,(H,20,21,22). The maximum absolute atomic E-state index is 12.3. The summed E-state index contributed by atoms with van der Waals surface area (Å²) in [5.41, 5.74) is 2.76. The van der Waals surface area contributed by atoms with E-state index in [1.165, 1.54) is 12.1 Å². The lowest BCUT2D eigenvalue weighted by atomic mass is 10.1. The number of fused-ring (bicyclic) bond motifs is 1. The summed E-state index contributed by atoms with van der Waals surface area (Å²) in [5.74, 6) is 0.559.